The van der Waals surface area contributed by atoms with Crippen LogP contribution in [0.2, 0.25) is 0 Å². The minimum Gasteiger partial charge on any atom is -0.492 e. The molecule has 0 N–H and O–H groups in total. The highest BCUT2D eigenvalue weighted by molar-refractivity contribution is 5.95. The van der Waals surface area contributed by atoms with Crippen LogP contribution in [0.25, 0.3) is 11.3 Å². The molecule has 2 unspecified atom stereocenters. The van der Waals surface area contributed by atoms with Gasteiger partial charge in [-0.25, -0.2) is 13.2 Å². The molecule has 0 spiro atoms. The van der Waals surface area contributed by atoms with Crippen LogP contribution in [0.4, 0.5) is 13.2 Å². The van der Waals surface area contributed by atoms with Crippen LogP contribution < -0.4 is 4.74 Å². The zero-order valence-electron chi connectivity index (χ0n) is 19.9. The molecule has 2 atom stereocenters. The van der Waals surface area contributed by atoms with Gasteiger partial charge in [0.05, 0.1) is 35.3 Å². The lowest BCUT2D eigenvalue weighted by atomic mass is 9.87. The first-order valence-electron chi connectivity index (χ1n) is 12.0. The normalized spacial score (nSPS) is 19.2. The van der Waals surface area contributed by atoms with Crippen LogP contribution >= 0.6 is 0 Å². The van der Waals surface area contributed by atoms with Crippen molar-refractivity contribution in [2.45, 2.75) is 58.0 Å². The van der Waals surface area contributed by atoms with Crippen LogP contribution in [0.1, 0.15) is 66.5 Å². The quantitative estimate of drug-likeness (QED) is 0.481. The Hall–Kier alpha value is -3.36. The highest BCUT2D eigenvalue weighted by atomic mass is 19.2. The molecular formula is C26H27F3N4O2. The fraction of sp³-hybridized carbons (Fsp3) is 0.423. The standard InChI is InChI=1S/C26H27F3N4O2/c1-4-16-12-17-24(31-32(3)25(17)14-9-18(27)23(29)19(28)10-14)21(5-2)33(16)26(34)15-11-22-20(30-13-15)7-6-8-35-22/h9-11,13,16,21H,4-8,12H2,1-3H3. The molecule has 0 fully saturated rings. The summed E-state index contributed by atoms with van der Waals surface area (Å²) in [7, 11) is 1.69. The van der Waals surface area contributed by atoms with Gasteiger partial charge in [-0.1, -0.05) is 13.8 Å². The molecule has 2 aromatic heterocycles. The molecule has 0 saturated carbocycles. The number of hydrogen-bond donors (Lipinski definition) is 0. The molecule has 0 radical (unpaired) electrons. The number of rotatable bonds is 4. The van der Waals surface area contributed by atoms with E-state index in [9.17, 15) is 18.0 Å². The number of aryl methyl sites for hydroxylation is 2. The largest absolute Gasteiger partial charge is 0.492 e. The number of carbonyl (C=O) groups is 1. The predicted octanol–water partition coefficient (Wildman–Crippen LogP) is 5.15. The first kappa shape index (κ1) is 23.4. The fourth-order valence-corrected chi connectivity index (χ4v) is 5.34. The van der Waals surface area contributed by atoms with Gasteiger partial charge >= 0.3 is 0 Å². The van der Waals surface area contributed by atoms with E-state index in [0.717, 1.165) is 36.2 Å². The van der Waals surface area contributed by atoms with E-state index in [0.29, 0.717) is 48.6 Å². The van der Waals surface area contributed by atoms with E-state index >= 15 is 0 Å². The number of ether oxygens (including phenoxy) is 1. The third-order valence-corrected chi connectivity index (χ3v) is 7.00. The van der Waals surface area contributed by atoms with Gasteiger partial charge in [-0.15, -0.1) is 0 Å². The Morgan fingerprint density at radius 1 is 1.14 bits per heavy atom. The minimum atomic E-state index is -1.50. The molecule has 0 aliphatic carbocycles. The van der Waals surface area contributed by atoms with E-state index in [1.54, 1.807) is 24.0 Å². The minimum absolute atomic E-state index is 0.148. The van der Waals surface area contributed by atoms with E-state index in [4.69, 9.17) is 4.74 Å². The van der Waals surface area contributed by atoms with E-state index < -0.39 is 17.5 Å². The summed E-state index contributed by atoms with van der Waals surface area (Å²) in [5.41, 5.74) is 3.59. The molecule has 2 aliphatic heterocycles. The molecule has 184 valence electrons. The molecule has 6 nitrogen and oxygen atoms in total. The molecule has 3 aromatic rings. The third kappa shape index (κ3) is 3.86. The van der Waals surface area contributed by atoms with Gasteiger partial charge in [0.2, 0.25) is 0 Å². The van der Waals surface area contributed by atoms with Crippen LogP contribution in [0.3, 0.4) is 0 Å². The second kappa shape index (κ2) is 9.02. The number of carbonyl (C=O) groups excluding carboxylic acids is 1. The van der Waals surface area contributed by atoms with Gasteiger partial charge in [0.25, 0.3) is 5.91 Å². The van der Waals surface area contributed by atoms with Crippen LogP contribution in [-0.2, 0) is 19.9 Å². The van der Waals surface area contributed by atoms with Crippen molar-refractivity contribution in [1.29, 1.82) is 0 Å². The average molecular weight is 485 g/mol. The Bertz CT molecular complexity index is 1280. The lowest BCUT2D eigenvalue weighted by molar-refractivity contribution is 0.0512. The number of aromatic nitrogens is 3. The van der Waals surface area contributed by atoms with Crippen LogP contribution in [0.5, 0.6) is 5.75 Å². The molecular weight excluding hydrogens is 457 g/mol. The number of nitrogens with zero attached hydrogens (tertiary/aromatic N) is 4. The molecule has 4 heterocycles. The zero-order chi connectivity index (χ0) is 24.9. The summed E-state index contributed by atoms with van der Waals surface area (Å²) in [6.45, 7) is 4.59. The van der Waals surface area contributed by atoms with Gasteiger partial charge in [0, 0.05) is 30.4 Å². The summed E-state index contributed by atoms with van der Waals surface area (Å²) in [4.78, 5) is 20.1. The molecule has 5 rings (SSSR count). The maximum Gasteiger partial charge on any atom is 0.256 e. The van der Waals surface area contributed by atoms with Crippen molar-refractivity contribution in [3.05, 3.63) is 64.4 Å². The Balaban J connectivity index is 1.57. The van der Waals surface area contributed by atoms with E-state index in [1.165, 1.54) is 0 Å². The maximum absolute atomic E-state index is 14.0. The lowest BCUT2D eigenvalue weighted by Gasteiger charge is -2.41. The highest BCUT2D eigenvalue weighted by Gasteiger charge is 2.40. The van der Waals surface area contributed by atoms with E-state index in [1.807, 2.05) is 18.7 Å². The Morgan fingerprint density at radius 2 is 1.89 bits per heavy atom. The SMILES string of the molecule is CCC1Cc2c(nn(C)c2-c2cc(F)c(F)c(F)c2)C(CC)N1C(=O)c1cnc2c(c1)OCCC2. The molecule has 0 saturated heterocycles. The Kier molecular flexibility index (Phi) is 6.02. The summed E-state index contributed by atoms with van der Waals surface area (Å²) < 4.78 is 49.0. The molecule has 9 heteroatoms. The molecule has 0 bridgehead atoms. The van der Waals surface area contributed by atoms with Crippen molar-refractivity contribution in [3.63, 3.8) is 0 Å². The van der Waals surface area contributed by atoms with E-state index in [-0.39, 0.29) is 23.6 Å². The summed E-state index contributed by atoms with van der Waals surface area (Å²) in [6.07, 6.45) is 5.09. The van der Waals surface area contributed by atoms with Crippen molar-refractivity contribution in [2.24, 2.45) is 7.05 Å². The Labute approximate surface area is 201 Å². The smallest absolute Gasteiger partial charge is 0.256 e. The molecule has 1 aromatic carbocycles. The second-order valence-electron chi connectivity index (χ2n) is 9.11. The predicted molar refractivity (Wildman–Crippen MR) is 124 cm³/mol. The number of fused-ring (bicyclic) bond motifs is 2. The Morgan fingerprint density at radius 3 is 2.57 bits per heavy atom. The van der Waals surface area contributed by atoms with Crippen molar-refractivity contribution in [2.75, 3.05) is 6.61 Å². The van der Waals surface area contributed by atoms with Crippen molar-refractivity contribution in [3.8, 4) is 17.0 Å². The van der Waals surface area contributed by atoms with Crippen molar-refractivity contribution in [1.82, 2.24) is 19.7 Å². The topological polar surface area (TPSA) is 60.2 Å². The second-order valence-corrected chi connectivity index (χ2v) is 9.11. The molecule has 1 amide bonds. The number of amides is 1. The monoisotopic (exact) mass is 484 g/mol. The highest BCUT2D eigenvalue weighted by Crippen LogP contribution is 2.41. The van der Waals surface area contributed by atoms with Gasteiger partial charge in [-0.2, -0.15) is 5.10 Å². The van der Waals surface area contributed by atoms with Gasteiger partial charge in [0.15, 0.2) is 17.5 Å². The summed E-state index contributed by atoms with van der Waals surface area (Å²) >= 11 is 0. The lowest BCUT2D eigenvalue weighted by Crippen LogP contribution is -2.47. The van der Waals surface area contributed by atoms with Crippen molar-refractivity contribution >= 4 is 5.91 Å². The van der Waals surface area contributed by atoms with Gasteiger partial charge in [-0.05, 0) is 50.3 Å². The number of pyridine rings is 1. The molecule has 35 heavy (non-hydrogen) atoms. The van der Waals surface area contributed by atoms with Crippen LogP contribution in [0.15, 0.2) is 24.4 Å². The number of halogens is 3. The average Bonchev–Trinajstić information content (AvgIpc) is 3.20. The molecule has 2 aliphatic rings. The third-order valence-electron chi connectivity index (χ3n) is 7.00. The van der Waals surface area contributed by atoms with Crippen LogP contribution in [0, 0.1) is 17.5 Å². The first-order valence-corrected chi connectivity index (χ1v) is 12.0. The first-order chi connectivity index (χ1) is 16.8. The van der Waals surface area contributed by atoms with Crippen LogP contribution in [-0.4, -0.2) is 38.2 Å². The van der Waals surface area contributed by atoms with Gasteiger partial charge in [0.1, 0.15) is 5.75 Å². The number of hydrogen-bond acceptors (Lipinski definition) is 4. The maximum atomic E-state index is 14.0. The summed E-state index contributed by atoms with van der Waals surface area (Å²) in [5.74, 6) is -3.49. The van der Waals surface area contributed by atoms with Gasteiger partial charge in [-0.3, -0.25) is 14.5 Å². The fourth-order valence-electron chi connectivity index (χ4n) is 5.34. The van der Waals surface area contributed by atoms with Crippen molar-refractivity contribution < 1.29 is 22.7 Å². The number of benzene rings is 1. The van der Waals surface area contributed by atoms with Gasteiger partial charge < -0.3 is 9.64 Å². The zero-order valence-corrected chi connectivity index (χ0v) is 19.9. The summed E-state index contributed by atoms with van der Waals surface area (Å²) in [6, 6.07) is 3.27. The van der Waals surface area contributed by atoms with E-state index in [2.05, 4.69) is 10.1 Å². The summed E-state index contributed by atoms with van der Waals surface area (Å²) in [5, 5.41) is 4.67.